The fourth-order valence-electron chi connectivity index (χ4n) is 2.70. The van der Waals surface area contributed by atoms with Crippen molar-refractivity contribution in [2.75, 3.05) is 26.7 Å². The Morgan fingerprint density at radius 1 is 1.53 bits per heavy atom. The van der Waals surface area contributed by atoms with Gasteiger partial charge in [0.05, 0.1) is 18.4 Å². The first-order valence-corrected chi connectivity index (χ1v) is 7.20. The Bertz CT molecular complexity index is 391. The second-order valence-electron chi connectivity index (χ2n) is 5.67. The summed E-state index contributed by atoms with van der Waals surface area (Å²) in [4.78, 5) is 2.42. The summed E-state index contributed by atoms with van der Waals surface area (Å²) in [5.74, 6) is 1.05. The lowest BCUT2D eigenvalue weighted by atomic mass is 9.95. The number of hydrogen-bond acceptors (Lipinski definition) is 4. The van der Waals surface area contributed by atoms with E-state index in [0.717, 1.165) is 44.9 Å². The smallest absolute Gasteiger partial charge is 0.118 e. The molecule has 1 N–H and O–H groups in total. The van der Waals surface area contributed by atoms with Crippen molar-refractivity contribution in [1.82, 2.24) is 10.2 Å². The van der Waals surface area contributed by atoms with E-state index in [2.05, 4.69) is 30.1 Å². The lowest BCUT2D eigenvalue weighted by Crippen LogP contribution is -2.46. The van der Waals surface area contributed by atoms with E-state index in [1.807, 2.05) is 13.4 Å². The Morgan fingerprint density at radius 2 is 2.37 bits per heavy atom. The minimum Gasteiger partial charge on any atom is -0.468 e. The van der Waals surface area contributed by atoms with Crippen LogP contribution in [0.4, 0.5) is 0 Å². The molecule has 1 aliphatic rings. The summed E-state index contributed by atoms with van der Waals surface area (Å²) < 4.78 is 11.3. The van der Waals surface area contributed by atoms with E-state index in [9.17, 15) is 0 Å². The summed E-state index contributed by atoms with van der Waals surface area (Å²) >= 11 is 0. The van der Waals surface area contributed by atoms with Crippen molar-refractivity contribution in [2.24, 2.45) is 0 Å². The number of likely N-dealkylation sites (tertiary alicyclic amines) is 1. The maximum Gasteiger partial charge on any atom is 0.118 e. The van der Waals surface area contributed by atoms with Crippen molar-refractivity contribution in [3.05, 3.63) is 23.7 Å². The van der Waals surface area contributed by atoms with E-state index in [4.69, 9.17) is 9.15 Å². The molecule has 2 rings (SSSR count). The Kier molecular flexibility index (Phi) is 5.02. The van der Waals surface area contributed by atoms with E-state index >= 15 is 0 Å². The van der Waals surface area contributed by atoms with Gasteiger partial charge in [0.2, 0.25) is 0 Å². The number of rotatable bonds is 6. The van der Waals surface area contributed by atoms with Gasteiger partial charge < -0.3 is 14.5 Å². The number of furan rings is 1. The highest BCUT2D eigenvalue weighted by molar-refractivity contribution is 5.12. The average molecular weight is 266 g/mol. The summed E-state index contributed by atoms with van der Waals surface area (Å²) in [6.45, 7) is 9.16. The Morgan fingerprint density at radius 3 is 3.11 bits per heavy atom. The summed E-state index contributed by atoms with van der Waals surface area (Å²) in [5.41, 5.74) is 1.22. The van der Waals surface area contributed by atoms with Gasteiger partial charge in [0.1, 0.15) is 5.76 Å². The molecule has 0 spiro atoms. The van der Waals surface area contributed by atoms with Crippen molar-refractivity contribution >= 4 is 0 Å². The van der Waals surface area contributed by atoms with Crippen molar-refractivity contribution in [1.29, 1.82) is 0 Å². The zero-order valence-electron chi connectivity index (χ0n) is 12.4. The normalized spacial score (nSPS) is 24.8. The van der Waals surface area contributed by atoms with Crippen LogP contribution >= 0.6 is 0 Å². The molecular formula is C15H26N2O2. The third kappa shape index (κ3) is 4.06. The van der Waals surface area contributed by atoms with E-state index < -0.39 is 0 Å². The Labute approximate surface area is 116 Å². The standard InChI is InChI=1S/C15H26N2O2/c1-4-16-9-13-8-14(19-11-13)10-17-7-5-6-15(2,12-17)18-3/h8,11,16H,4-7,9-10,12H2,1-3H3. The molecule has 1 saturated heterocycles. The van der Waals surface area contributed by atoms with Crippen LogP contribution in [-0.4, -0.2) is 37.2 Å². The minimum atomic E-state index is -0.00254. The Hall–Kier alpha value is -0.840. The van der Waals surface area contributed by atoms with Crippen LogP contribution in [0.1, 0.15) is 38.0 Å². The minimum absolute atomic E-state index is 0.00254. The molecule has 0 radical (unpaired) electrons. The zero-order valence-corrected chi connectivity index (χ0v) is 12.4. The van der Waals surface area contributed by atoms with E-state index in [-0.39, 0.29) is 5.60 Å². The molecule has 1 unspecified atom stereocenters. The van der Waals surface area contributed by atoms with Gasteiger partial charge in [-0.05, 0) is 38.9 Å². The molecule has 1 aliphatic heterocycles. The SMILES string of the molecule is CCNCc1coc(CN2CCCC(C)(OC)C2)c1. The molecule has 108 valence electrons. The zero-order chi connectivity index (χ0) is 13.7. The first-order valence-electron chi connectivity index (χ1n) is 7.20. The van der Waals surface area contributed by atoms with Crippen LogP contribution < -0.4 is 5.32 Å². The van der Waals surface area contributed by atoms with Crippen LogP contribution in [0.3, 0.4) is 0 Å². The van der Waals surface area contributed by atoms with Crippen LogP contribution in [0.15, 0.2) is 16.7 Å². The average Bonchev–Trinajstić information content (AvgIpc) is 2.84. The van der Waals surface area contributed by atoms with Crippen molar-refractivity contribution < 1.29 is 9.15 Å². The first kappa shape index (κ1) is 14.6. The van der Waals surface area contributed by atoms with Gasteiger partial charge in [0.25, 0.3) is 0 Å². The summed E-state index contributed by atoms with van der Waals surface area (Å²) in [6, 6.07) is 2.15. The quantitative estimate of drug-likeness (QED) is 0.858. The third-order valence-corrected chi connectivity index (χ3v) is 3.90. The van der Waals surface area contributed by atoms with E-state index in [1.165, 1.54) is 12.0 Å². The van der Waals surface area contributed by atoms with Crippen molar-refractivity contribution in [2.45, 2.75) is 45.4 Å². The molecule has 1 aromatic rings. The monoisotopic (exact) mass is 266 g/mol. The summed E-state index contributed by atoms with van der Waals surface area (Å²) in [5, 5.41) is 3.31. The second-order valence-corrected chi connectivity index (χ2v) is 5.67. The predicted molar refractivity (Wildman–Crippen MR) is 76.0 cm³/mol. The number of ether oxygens (including phenoxy) is 1. The fraction of sp³-hybridized carbons (Fsp3) is 0.733. The number of methoxy groups -OCH3 is 1. The molecule has 0 aliphatic carbocycles. The van der Waals surface area contributed by atoms with Crippen molar-refractivity contribution in [3.63, 3.8) is 0 Å². The van der Waals surface area contributed by atoms with Gasteiger partial charge in [-0.15, -0.1) is 0 Å². The van der Waals surface area contributed by atoms with Gasteiger partial charge in [-0.1, -0.05) is 6.92 Å². The molecule has 2 heterocycles. The van der Waals surface area contributed by atoms with E-state index in [1.54, 1.807) is 0 Å². The van der Waals surface area contributed by atoms with Gasteiger partial charge in [0.15, 0.2) is 0 Å². The number of nitrogens with zero attached hydrogens (tertiary/aromatic N) is 1. The summed E-state index contributed by atoms with van der Waals surface area (Å²) in [6.07, 6.45) is 4.19. The number of nitrogens with one attached hydrogen (secondary N) is 1. The molecule has 1 fully saturated rings. The number of piperidine rings is 1. The molecule has 0 saturated carbocycles. The van der Waals surface area contributed by atoms with Crippen LogP contribution in [0, 0.1) is 0 Å². The lowest BCUT2D eigenvalue weighted by molar-refractivity contribution is -0.0538. The van der Waals surface area contributed by atoms with E-state index in [0.29, 0.717) is 0 Å². The predicted octanol–water partition coefficient (Wildman–Crippen LogP) is 2.39. The van der Waals surface area contributed by atoms with Gasteiger partial charge >= 0.3 is 0 Å². The van der Waals surface area contributed by atoms with Gasteiger partial charge in [-0.2, -0.15) is 0 Å². The lowest BCUT2D eigenvalue weighted by Gasteiger charge is -2.39. The van der Waals surface area contributed by atoms with Gasteiger partial charge in [-0.25, -0.2) is 0 Å². The first-order chi connectivity index (χ1) is 9.15. The largest absolute Gasteiger partial charge is 0.468 e. The van der Waals surface area contributed by atoms with Crippen LogP contribution in [-0.2, 0) is 17.8 Å². The molecule has 0 aromatic carbocycles. The third-order valence-electron chi connectivity index (χ3n) is 3.90. The molecule has 19 heavy (non-hydrogen) atoms. The van der Waals surface area contributed by atoms with Gasteiger partial charge in [0, 0.05) is 25.8 Å². The maximum atomic E-state index is 5.64. The topological polar surface area (TPSA) is 37.6 Å². The highest BCUT2D eigenvalue weighted by Gasteiger charge is 2.30. The Balaban J connectivity index is 1.88. The molecule has 1 atom stereocenters. The van der Waals surface area contributed by atoms with Crippen molar-refractivity contribution in [3.8, 4) is 0 Å². The van der Waals surface area contributed by atoms with Crippen LogP contribution in [0.2, 0.25) is 0 Å². The molecule has 4 nitrogen and oxygen atoms in total. The molecule has 0 amide bonds. The van der Waals surface area contributed by atoms with Crippen LogP contribution in [0.5, 0.6) is 0 Å². The van der Waals surface area contributed by atoms with Gasteiger partial charge in [-0.3, -0.25) is 4.90 Å². The maximum absolute atomic E-state index is 5.64. The molecule has 4 heteroatoms. The molecule has 1 aromatic heterocycles. The fourth-order valence-corrected chi connectivity index (χ4v) is 2.70. The van der Waals surface area contributed by atoms with Crippen LogP contribution in [0.25, 0.3) is 0 Å². The molecule has 0 bridgehead atoms. The highest BCUT2D eigenvalue weighted by atomic mass is 16.5. The molecular weight excluding hydrogens is 240 g/mol. The highest BCUT2D eigenvalue weighted by Crippen LogP contribution is 2.25. The summed E-state index contributed by atoms with van der Waals surface area (Å²) in [7, 11) is 1.81. The number of hydrogen-bond donors (Lipinski definition) is 1. The second kappa shape index (κ2) is 6.55.